The molecule has 31 heavy (non-hydrogen) atoms. The molecule has 0 saturated heterocycles. The number of methoxy groups -OCH3 is 1. The molecule has 7 heteroatoms. The molecule has 3 N–H and O–H groups in total. The van der Waals surface area contributed by atoms with E-state index in [0.29, 0.717) is 29.6 Å². The fourth-order valence-corrected chi connectivity index (χ4v) is 3.80. The molecule has 1 atom stereocenters. The van der Waals surface area contributed by atoms with Crippen LogP contribution in [-0.4, -0.2) is 17.3 Å². The minimum absolute atomic E-state index is 0.0675. The van der Waals surface area contributed by atoms with Crippen molar-refractivity contribution in [3.05, 3.63) is 82.4 Å². The summed E-state index contributed by atoms with van der Waals surface area (Å²) < 4.78 is 17.2. The largest absolute Gasteiger partial charge is 0.493 e. The van der Waals surface area contributed by atoms with Gasteiger partial charge in [0.05, 0.1) is 13.0 Å². The number of nitriles is 1. The fourth-order valence-electron chi connectivity index (χ4n) is 3.80. The first-order chi connectivity index (χ1) is 15.2. The number of ether oxygens (including phenoxy) is 3. The Morgan fingerprint density at radius 2 is 2.00 bits per heavy atom. The Balaban J connectivity index is 1.71. The van der Waals surface area contributed by atoms with E-state index >= 15 is 0 Å². The van der Waals surface area contributed by atoms with Crippen LogP contribution in [0.5, 0.6) is 17.4 Å². The van der Waals surface area contributed by atoms with Crippen molar-refractivity contribution in [1.82, 2.24) is 10.2 Å². The molecule has 1 unspecified atom stereocenters. The van der Waals surface area contributed by atoms with E-state index in [-0.39, 0.29) is 5.88 Å². The van der Waals surface area contributed by atoms with E-state index in [9.17, 15) is 5.26 Å². The van der Waals surface area contributed by atoms with Gasteiger partial charge in [0, 0.05) is 11.3 Å². The molecule has 0 amide bonds. The lowest BCUT2D eigenvalue weighted by molar-refractivity contribution is 0.284. The molecule has 0 spiro atoms. The number of hydrogen-bond acceptors (Lipinski definition) is 6. The molecule has 1 aromatic heterocycles. The Morgan fingerprint density at radius 1 is 1.19 bits per heavy atom. The van der Waals surface area contributed by atoms with E-state index < -0.39 is 5.92 Å². The number of H-pyrrole nitrogens is 1. The molecule has 2 aromatic carbocycles. The van der Waals surface area contributed by atoms with Crippen molar-refractivity contribution in [2.45, 2.75) is 32.3 Å². The van der Waals surface area contributed by atoms with Gasteiger partial charge in [-0.3, -0.25) is 5.10 Å². The molecule has 0 aliphatic carbocycles. The minimum Gasteiger partial charge on any atom is -0.493 e. The van der Waals surface area contributed by atoms with Gasteiger partial charge in [-0.1, -0.05) is 49.7 Å². The molecule has 0 bridgehead atoms. The standard InChI is InChI=1S/C24H24N4O3/c1-3-7-18-22-21(17(13-25)23(26)31-24(22)28-27-18)16-10-11-19(20(12-16)29-2)30-14-15-8-5-4-6-9-15/h4-6,8-12,21H,3,7,14,26H2,1-2H3,(H,27,28). The van der Waals surface area contributed by atoms with Crippen LogP contribution in [0.4, 0.5) is 0 Å². The van der Waals surface area contributed by atoms with Crippen molar-refractivity contribution in [2.75, 3.05) is 7.11 Å². The third-order valence-corrected chi connectivity index (χ3v) is 5.28. The second-order valence-electron chi connectivity index (χ2n) is 7.28. The van der Waals surface area contributed by atoms with Crippen LogP contribution >= 0.6 is 0 Å². The van der Waals surface area contributed by atoms with E-state index in [1.165, 1.54) is 0 Å². The zero-order valence-corrected chi connectivity index (χ0v) is 17.5. The molecule has 158 valence electrons. The number of aryl methyl sites for hydroxylation is 1. The van der Waals surface area contributed by atoms with Crippen LogP contribution in [0.2, 0.25) is 0 Å². The third-order valence-electron chi connectivity index (χ3n) is 5.28. The topological polar surface area (TPSA) is 106 Å². The van der Waals surface area contributed by atoms with Crippen LogP contribution in [0.25, 0.3) is 0 Å². The monoisotopic (exact) mass is 416 g/mol. The molecule has 2 heterocycles. The van der Waals surface area contributed by atoms with E-state index in [4.69, 9.17) is 19.9 Å². The van der Waals surface area contributed by atoms with Crippen LogP contribution in [0.1, 0.15) is 41.6 Å². The Labute approximate surface area is 181 Å². The van der Waals surface area contributed by atoms with Crippen molar-refractivity contribution in [2.24, 2.45) is 5.73 Å². The highest BCUT2D eigenvalue weighted by Gasteiger charge is 2.35. The molecular weight excluding hydrogens is 392 g/mol. The van der Waals surface area contributed by atoms with E-state index in [1.54, 1.807) is 7.11 Å². The van der Waals surface area contributed by atoms with Crippen molar-refractivity contribution >= 4 is 0 Å². The predicted molar refractivity (Wildman–Crippen MR) is 116 cm³/mol. The number of fused-ring (bicyclic) bond motifs is 1. The number of nitrogens with two attached hydrogens (primary N) is 1. The summed E-state index contributed by atoms with van der Waals surface area (Å²) in [6.45, 7) is 2.51. The van der Waals surface area contributed by atoms with Crippen molar-refractivity contribution < 1.29 is 14.2 Å². The van der Waals surface area contributed by atoms with E-state index in [0.717, 1.165) is 35.2 Å². The van der Waals surface area contributed by atoms with Crippen LogP contribution in [-0.2, 0) is 13.0 Å². The van der Waals surface area contributed by atoms with Crippen molar-refractivity contribution in [3.8, 4) is 23.4 Å². The molecule has 0 fully saturated rings. The zero-order valence-electron chi connectivity index (χ0n) is 17.5. The first kappa shape index (κ1) is 20.4. The Morgan fingerprint density at radius 3 is 2.71 bits per heavy atom. The average Bonchev–Trinajstić information content (AvgIpc) is 3.19. The first-order valence-electron chi connectivity index (χ1n) is 10.2. The summed E-state index contributed by atoms with van der Waals surface area (Å²) in [5.41, 5.74) is 10.1. The predicted octanol–water partition coefficient (Wildman–Crippen LogP) is 4.17. The quantitative estimate of drug-likeness (QED) is 0.599. The number of nitrogens with one attached hydrogen (secondary N) is 1. The maximum Gasteiger partial charge on any atom is 0.244 e. The van der Waals surface area contributed by atoms with Crippen molar-refractivity contribution in [1.29, 1.82) is 5.26 Å². The zero-order chi connectivity index (χ0) is 21.8. The molecule has 0 radical (unpaired) electrons. The van der Waals surface area contributed by atoms with Gasteiger partial charge in [-0.2, -0.15) is 5.26 Å². The summed E-state index contributed by atoms with van der Waals surface area (Å²) in [6, 6.07) is 17.8. The highest BCUT2D eigenvalue weighted by molar-refractivity contribution is 5.57. The van der Waals surface area contributed by atoms with Gasteiger partial charge < -0.3 is 19.9 Å². The maximum atomic E-state index is 9.81. The smallest absolute Gasteiger partial charge is 0.244 e. The van der Waals surface area contributed by atoms with Crippen molar-refractivity contribution in [3.63, 3.8) is 0 Å². The Kier molecular flexibility index (Phi) is 5.80. The minimum atomic E-state index is -0.397. The number of aromatic amines is 1. The van der Waals surface area contributed by atoms with Crippen LogP contribution in [0.3, 0.4) is 0 Å². The summed E-state index contributed by atoms with van der Waals surface area (Å²) in [4.78, 5) is 0. The summed E-state index contributed by atoms with van der Waals surface area (Å²) in [5, 5.41) is 17.1. The van der Waals surface area contributed by atoms with Gasteiger partial charge in [0.15, 0.2) is 11.5 Å². The van der Waals surface area contributed by atoms with Crippen LogP contribution in [0.15, 0.2) is 60.0 Å². The molecule has 7 nitrogen and oxygen atoms in total. The van der Waals surface area contributed by atoms with Gasteiger partial charge in [0.1, 0.15) is 18.2 Å². The number of hydrogen-bond donors (Lipinski definition) is 2. The first-order valence-corrected chi connectivity index (χ1v) is 10.2. The average molecular weight is 416 g/mol. The lowest BCUT2D eigenvalue weighted by Crippen LogP contribution is -2.21. The Hall–Kier alpha value is -3.92. The summed E-state index contributed by atoms with van der Waals surface area (Å²) in [7, 11) is 1.60. The lowest BCUT2D eigenvalue weighted by Gasteiger charge is -2.24. The molecule has 4 rings (SSSR count). The van der Waals surface area contributed by atoms with Gasteiger partial charge in [-0.05, 0) is 29.7 Å². The number of rotatable bonds is 7. The summed E-state index contributed by atoms with van der Waals surface area (Å²) >= 11 is 0. The third kappa shape index (κ3) is 3.92. The fraction of sp³-hybridized carbons (Fsp3) is 0.250. The molecule has 1 aliphatic rings. The summed E-state index contributed by atoms with van der Waals surface area (Å²) in [6.07, 6.45) is 1.72. The van der Waals surface area contributed by atoms with Crippen LogP contribution in [0, 0.1) is 11.3 Å². The molecular formula is C24H24N4O3. The number of allylic oxidation sites excluding steroid dienone is 1. The van der Waals surface area contributed by atoms with E-state index in [1.807, 2.05) is 48.5 Å². The van der Waals surface area contributed by atoms with Gasteiger partial charge >= 0.3 is 0 Å². The molecule has 3 aromatic rings. The second-order valence-corrected chi connectivity index (χ2v) is 7.28. The molecule has 1 aliphatic heterocycles. The van der Waals surface area contributed by atoms with E-state index in [2.05, 4.69) is 23.2 Å². The molecule has 0 saturated carbocycles. The van der Waals surface area contributed by atoms with Gasteiger partial charge in [0.2, 0.25) is 11.8 Å². The van der Waals surface area contributed by atoms with Gasteiger partial charge in [-0.25, -0.2) is 0 Å². The SMILES string of the molecule is CCCc1[nH]nc2c1C(c1ccc(OCc3ccccc3)c(OC)c1)C(C#N)=C(N)O2. The highest BCUT2D eigenvalue weighted by atomic mass is 16.5. The highest BCUT2D eigenvalue weighted by Crippen LogP contribution is 2.44. The van der Waals surface area contributed by atoms with Gasteiger partial charge in [0.25, 0.3) is 0 Å². The Bertz CT molecular complexity index is 1150. The normalized spacial score (nSPS) is 15.1. The number of aromatic nitrogens is 2. The second kappa shape index (κ2) is 8.84. The number of nitrogens with zero attached hydrogens (tertiary/aromatic N) is 2. The number of benzene rings is 2. The summed E-state index contributed by atoms with van der Waals surface area (Å²) in [5.74, 6) is 1.29. The van der Waals surface area contributed by atoms with Crippen LogP contribution < -0.4 is 19.9 Å². The van der Waals surface area contributed by atoms with Gasteiger partial charge in [-0.15, -0.1) is 5.10 Å². The lowest BCUT2D eigenvalue weighted by atomic mass is 9.83. The maximum absolute atomic E-state index is 9.81.